The number of ether oxygens (including phenoxy) is 1. The molecule has 1 heterocycles. The van der Waals surface area contributed by atoms with E-state index < -0.39 is 5.60 Å². The van der Waals surface area contributed by atoms with Crippen LogP contribution in [0.1, 0.15) is 12.8 Å². The number of halogens is 3. The summed E-state index contributed by atoms with van der Waals surface area (Å²) in [4.78, 5) is 26.2. The Morgan fingerprint density at radius 3 is 2.48 bits per heavy atom. The number of hydrogen-bond donors (Lipinski definition) is 2. The number of likely N-dealkylation sites (N-methyl/N-ethyl adjacent to an activating group) is 1. The molecule has 1 aromatic carbocycles. The largest absolute Gasteiger partial charge is 0.368 e. The van der Waals surface area contributed by atoms with Crippen molar-refractivity contribution < 1.29 is 14.3 Å². The van der Waals surface area contributed by atoms with Crippen LogP contribution in [0, 0.1) is 0 Å². The number of nitrogens with zero attached hydrogens (tertiary/aromatic N) is 1. The monoisotopic (exact) mass is 409 g/mol. The maximum absolute atomic E-state index is 12.7. The van der Waals surface area contributed by atoms with Crippen LogP contribution < -0.4 is 10.6 Å². The van der Waals surface area contributed by atoms with Gasteiger partial charge in [-0.25, -0.2) is 0 Å². The zero-order valence-electron chi connectivity index (χ0n) is 14.1. The molecule has 9 heteroatoms. The van der Waals surface area contributed by atoms with Crippen molar-refractivity contribution in [1.82, 2.24) is 10.2 Å². The van der Waals surface area contributed by atoms with E-state index in [0.29, 0.717) is 41.7 Å². The number of benzene rings is 1. The van der Waals surface area contributed by atoms with Crippen molar-refractivity contribution in [2.45, 2.75) is 18.4 Å². The molecule has 2 N–H and O–H groups in total. The van der Waals surface area contributed by atoms with Crippen molar-refractivity contribution in [3.05, 3.63) is 28.2 Å². The minimum Gasteiger partial charge on any atom is -0.368 e. The molecule has 0 aliphatic carbocycles. The molecule has 2 rings (SSSR count). The summed E-state index contributed by atoms with van der Waals surface area (Å²) < 4.78 is 5.50. The van der Waals surface area contributed by atoms with Gasteiger partial charge in [0, 0.05) is 19.8 Å². The Hall–Kier alpha value is -1.05. The van der Waals surface area contributed by atoms with Gasteiger partial charge in [-0.2, -0.15) is 0 Å². The first kappa shape index (κ1) is 22.0. The molecule has 1 aromatic rings. The Balaban J connectivity index is 0.00000312. The molecule has 6 nitrogen and oxygen atoms in total. The summed E-state index contributed by atoms with van der Waals surface area (Å²) in [5.41, 5.74) is -0.331. The summed E-state index contributed by atoms with van der Waals surface area (Å²) in [6, 6.07) is 4.81. The Morgan fingerprint density at radius 2 is 1.92 bits per heavy atom. The van der Waals surface area contributed by atoms with Crippen molar-refractivity contribution in [2.75, 3.05) is 39.1 Å². The first-order valence-electron chi connectivity index (χ1n) is 7.64. The van der Waals surface area contributed by atoms with Gasteiger partial charge < -0.3 is 20.3 Å². The lowest BCUT2D eigenvalue weighted by Crippen LogP contribution is -2.55. The average Bonchev–Trinajstić information content (AvgIpc) is 2.58. The number of nitrogens with one attached hydrogen (secondary N) is 2. The van der Waals surface area contributed by atoms with Crippen LogP contribution >= 0.6 is 35.6 Å². The lowest BCUT2D eigenvalue weighted by atomic mass is 9.90. The molecule has 0 saturated carbocycles. The highest BCUT2D eigenvalue weighted by Crippen LogP contribution is 2.26. The van der Waals surface area contributed by atoms with Gasteiger partial charge in [0.05, 0.1) is 16.6 Å². The van der Waals surface area contributed by atoms with E-state index in [2.05, 4.69) is 10.6 Å². The van der Waals surface area contributed by atoms with Gasteiger partial charge in [-0.3, -0.25) is 9.59 Å². The Kier molecular flexibility index (Phi) is 8.44. The first-order valence-corrected chi connectivity index (χ1v) is 8.40. The minimum atomic E-state index is -0.857. The van der Waals surface area contributed by atoms with Crippen LogP contribution in [-0.2, 0) is 14.3 Å². The van der Waals surface area contributed by atoms with E-state index in [4.69, 9.17) is 27.9 Å². The van der Waals surface area contributed by atoms with Crippen molar-refractivity contribution >= 4 is 53.1 Å². The first-order chi connectivity index (χ1) is 11.4. The molecule has 0 unspecified atom stereocenters. The molecule has 1 aliphatic heterocycles. The molecular weight excluding hydrogens is 389 g/mol. The quantitative estimate of drug-likeness (QED) is 0.783. The molecule has 1 fully saturated rings. The Labute approximate surface area is 163 Å². The van der Waals surface area contributed by atoms with Gasteiger partial charge in [-0.15, -0.1) is 12.4 Å². The number of amides is 2. The molecule has 140 valence electrons. The topological polar surface area (TPSA) is 70.7 Å². The second kappa shape index (κ2) is 9.59. The Morgan fingerprint density at radius 1 is 1.28 bits per heavy atom. The summed E-state index contributed by atoms with van der Waals surface area (Å²) >= 11 is 11.8. The third kappa shape index (κ3) is 5.46. The van der Waals surface area contributed by atoms with Gasteiger partial charge in [0.2, 0.25) is 5.91 Å². The lowest BCUT2D eigenvalue weighted by molar-refractivity contribution is -0.157. The second-order valence-corrected chi connectivity index (χ2v) is 6.60. The normalized spacial score (nSPS) is 15.8. The molecule has 0 atom stereocenters. The summed E-state index contributed by atoms with van der Waals surface area (Å²) in [6.45, 7) is 1.35. The van der Waals surface area contributed by atoms with E-state index in [-0.39, 0.29) is 30.8 Å². The molecule has 1 saturated heterocycles. The fourth-order valence-electron chi connectivity index (χ4n) is 2.75. The van der Waals surface area contributed by atoms with E-state index in [1.54, 1.807) is 25.2 Å². The maximum atomic E-state index is 12.7. The summed E-state index contributed by atoms with van der Waals surface area (Å²) in [5, 5.41) is 6.66. The van der Waals surface area contributed by atoms with E-state index in [1.165, 1.54) is 12.0 Å². The van der Waals surface area contributed by atoms with Crippen LogP contribution in [0.4, 0.5) is 5.69 Å². The lowest BCUT2D eigenvalue weighted by Gasteiger charge is -2.37. The number of methoxy groups -OCH3 is 1. The smallest absolute Gasteiger partial charge is 0.255 e. The molecule has 0 aromatic heterocycles. The second-order valence-electron chi connectivity index (χ2n) is 5.79. The van der Waals surface area contributed by atoms with E-state index in [9.17, 15) is 9.59 Å². The Bertz CT molecular complexity index is 622. The number of piperidine rings is 1. The fraction of sp³-hybridized carbons (Fsp3) is 0.500. The molecule has 0 spiro atoms. The summed E-state index contributed by atoms with van der Waals surface area (Å²) in [7, 11) is 3.13. The third-order valence-corrected chi connectivity index (χ3v) is 4.86. The van der Waals surface area contributed by atoms with Crippen LogP contribution in [0.5, 0.6) is 0 Å². The number of hydrogen-bond acceptors (Lipinski definition) is 4. The number of carbonyl (C=O) groups is 2. The van der Waals surface area contributed by atoms with Crippen LogP contribution in [0.15, 0.2) is 18.2 Å². The maximum Gasteiger partial charge on any atom is 0.255 e. The van der Waals surface area contributed by atoms with Crippen molar-refractivity contribution in [3.63, 3.8) is 0 Å². The van der Waals surface area contributed by atoms with Gasteiger partial charge in [-0.05, 0) is 44.1 Å². The van der Waals surface area contributed by atoms with Crippen LogP contribution in [-0.4, -0.2) is 56.1 Å². The highest BCUT2D eigenvalue weighted by molar-refractivity contribution is 6.42. The predicted molar refractivity (Wildman–Crippen MR) is 102 cm³/mol. The van der Waals surface area contributed by atoms with E-state index >= 15 is 0 Å². The van der Waals surface area contributed by atoms with Crippen molar-refractivity contribution in [2.24, 2.45) is 0 Å². The van der Waals surface area contributed by atoms with Gasteiger partial charge in [-0.1, -0.05) is 23.2 Å². The zero-order chi connectivity index (χ0) is 17.7. The van der Waals surface area contributed by atoms with Crippen molar-refractivity contribution in [3.8, 4) is 0 Å². The molecule has 1 aliphatic rings. The van der Waals surface area contributed by atoms with Gasteiger partial charge >= 0.3 is 0 Å². The molecule has 0 radical (unpaired) electrons. The highest BCUT2D eigenvalue weighted by Gasteiger charge is 2.41. The summed E-state index contributed by atoms with van der Waals surface area (Å²) in [5.74, 6) is -0.500. The third-order valence-electron chi connectivity index (χ3n) is 4.12. The van der Waals surface area contributed by atoms with Crippen LogP contribution in [0.25, 0.3) is 0 Å². The number of rotatable bonds is 5. The SMILES string of the molecule is COC1(C(=O)N(C)CC(=O)Nc2ccc(Cl)c(Cl)c2)CCNCC1.Cl. The highest BCUT2D eigenvalue weighted by atomic mass is 35.5. The van der Waals surface area contributed by atoms with Crippen LogP contribution in [0.2, 0.25) is 10.0 Å². The molecule has 2 amide bonds. The van der Waals surface area contributed by atoms with E-state index in [0.717, 1.165) is 0 Å². The number of carbonyl (C=O) groups excluding carboxylic acids is 2. The summed E-state index contributed by atoms with van der Waals surface area (Å²) in [6.07, 6.45) is 1.17. The average molecular weight is 411 g/mol. The fourth-order valence-corrected chi connectivity index (χ4v) is 3.04. The standard InChI is InChI=1S/C16H21Cl2N3O3.ClH/c1-21(15(23)16(24-2)5-7-19-8-6-16)10-14(22)20-11-3-4-12(17)13(18)9-11;/h3-4,9,19H,5-8,10H2,1-2H3,(H,20,22);1H. The zero-order valence-corrected chi connectivity index (χ0v) is 16.4. The molecule has 25 heavy (non-hydrogen) atoms. The van der Waals surface area contributed by atoms with E-state index in [1.807, 2.05) is 0 Å². The molecule has 0 bridgehead atoms. The van der Waals surface area contributed by atoms with Crippen LogP contribution in [0.3, 0.4) is 0 Å². The van der Waals surface area contributed by atoms with Gasteiger partial charge in [0.25, 0.3) is 5.91 Å². The molecular formula is C16H22Cl3N3O3. The van der Waals surface area contributed by atoms with Gasteiger partial charge in [0.15, 0.2) is 0 Å². The van der Waals surface area contributed by atoms with Gasteiger partial charge in [0.1, 0.15) is 5.60 Å². The minimum absolute atomic E-state index is 0. The predicted octanol–water partition coefficient (Wildman–Crippen LogP) is 2.58. The number of anilines is 1. The van der Waals surface area contributed by atoms with Crippen molar-refractivity contribution in [1.29, 1.82) is 0 Å².